The monoisotopic (exact) mass is 317 g/mol. The number of nitrogens with one attached hydrogen (secondary N) is 1. The van der Waals surface area contributed by atoms with E-state index in [-0.39, 0.29) is 17.7 Å². The van der Waals surface area contributed by atoms with Crippen molar-refractivity contribution in [1.29, 1.82) is 0 Å². The molecule has 0 bridgehead atoms. The van der Waals surface area contributed by atoms with Crippen LogP contribution in [0.5, 0.6) is 0 Å². The predicted octanol–water partition coefficient (Wildman–Crippen LogP) is 2.15. The minimum absolute atomic E-state index is 0.0785. The van der Waals surface area contributed by atoms with Gasteiger partial charge in [-0.05, 0) is 35.9 Å². The van der Waals surface area contributed by atoms with Gasteiger partial charge in [0.2, 0.25) is 0 Å². The first kappa shape index (κ1) is 16.2. The van der Waals surface area contributed by atoms with Crippen LogP contribution in [0.25, 0.3) is 0 Å². The van der Waals surface area contributed by atoms with Crippen LogP contribution in [-0.2, 0) is 6.54 Å². The summed E-state index contributed by atoms with van der Waals surface area (Å²) in [6.45, 7) is 0.0785. The van der Waals surface area contributed by atoms with Crippen molar-refractivity contribution in [2.45, 2.75) is 6.54 Å². The first-order valence-electron chi connectivity index (χ1n) is 6.52. The Labute approximate surface area is 130 Å². The largest absolute Gasteiger partial charge is 0.478 e. The van der Waals surface area contributed by atoms with Crippen LogP contribution in [0.15, 0.2) is 42.5 Å². The topological polar surface area (TPSA) is 104 Å². The second-order valence-electron chi connectivity index (χ2n) is 4.68. The highest BCUT2D eigenvalue weighted by Gasteiger charge is 2.17. The van der Waals surface area contributed by atoms with Gasteiger partial charge in [-0.15, -0.1) is 0 Å². The van der Waals surface area contributed by atoms with Gasteiger partial charge in [0, 0.05) is 6.54 Å². The molecule has 0 saturated heterocycles. The van der Waals surface area contributed by atoms with Gasteiger partial charge < -0.3 is 15.5 Å². The van der Waals surface area contributed by atoms with Crippen LogP contribution in [-0.4, -0.2) is 28.1 Å². The van der Waals surface area contributed by atoms with Gasteiger partial charge in [0.1, 0.15) is 5.82 Å². The molecule has 6 nitrogen and oxygen atoms in total. The van der Waals surface area contributed by atoms with Crippen molar-refractivity contribution < 1.29 is 29.0 Å². The molecule has 0 aliphatic carbocycles. The van der Waals surface area contributed by atoms with Crippen molar-refractivity contribution in [1.82, 2.24) is 5.32 Å². The Morgan fingerprint density at radius 1 is 0.913 bits per heavy atom. The molecule has 118 valence electrons. The maximum Gasteiger partial charge on any atom is 0.336 e. The number of hydrogen-bond acceptors (Lipinski definition) is 3. The Morgan fingerprint density at radius 2 is 1.57 bits per heavy atom. The highest BCUT2D eigenvalue weighted by Crippen LogP contribution is 2.12. The molecular weight excluding hydrogens is 305 g/mol. The van der Waals surface area contributed by atoms with Gasteiger partial charge in [0.25, 0.3) is 5.91 Å². The molecule has 0 heterocycles. The smallest absolute Gasteiger partial charge is 0.336 e. The average molecular weight is 317 g/mol. The number of carbonyl (C=O) groups is 3. The van der Waals surface area contributed by atoms with Gasteiger partial charge in [-0.2, -0.15) is 0 Å². The molecule has 0 unspecified atom stereocenters. The summed E-state index contributed by atoms with van der Waals surface area (Å²) in [7, 11) is 0. The number of benzene rings is 2. The zero-order valence-corrected chi connectivity index (χ0v) is 11.7. The summed E-state index contributed by atoms with van der Waals surface area (Å²) in [5.41, 5.74) is 0.180. The lowest BCUT2D eigenvalue weighted by Gasteiger charge is -2.08. The Balaban J connectivity index is 2.11. The van der Waals surface area contributed by atoms with E-state index in [9.17, 15) is 18.8 Å². The van der Waals surface area contributed by atoms with Crippen LogP contribution < -0.4 is 5.32 Å². The van der Waals surface area contributed by atoms with Gasteiger partial charge in [-0.1, -0.05) is 12.1 Å². The van der Waals surface area contributed by atoms with Crippen molar-refractivity contribution >= 4 is 17.8 Å². The molecule has 0 saturated carbocycles. The van der Waals surface area contributed by atoms with Gasteiger partial charge in [-0.3, -0.25) is 4.79 Å². The molecule has 2 aromatic carbocycles. The second-order valence-corrected chi connectivity index (χ2v) is 4.68. The molecule has 0 aliphatic rings. The lowest BCUT2D eigenvalue weighted by Crippen LogP contribution is -2.25. The summed E-state index contributed by atoms with van der Waals surface area (Å²) < 4.78 is 13.1. The molecule has 0 aliphatic heterocycles. The molecule has 2 aromatic rings. The summed E-state index contributed by atoms with van der Waals surface area (Å²) in [5.74, 6) is -3.87. The van der Waals surface area contributed by atoms with Crippen LogP contribution in [0.3, 0.4) is 0 Å². The number of halogens is 1. The minimum atomic E-state index is -1.40. The SMILES string of the molecule is O=C(O)c1ccc(CNC(=O)c2ccc(F)cc2C(=O)O)cc1. The molecule has 7 heteroatoms. The van der Waals surface area contributed by atoms with Gasteiger partial charge in [-0.25, -0.2) is 14.0 Å². The van der Waals surface area contributed by atoms with E-state index in [1.54, 1.807) is 0 Å². The second kappa shape index (κ2) is 6.69. The Hall–Kier alpha value is -3.22. The Bertz CT molecular complexity index is 771. The number of rotatable bonds is 5. The van der Waals surface area contributed by atoms with Crippen molar-refractivity contribution in [3.63, 3.8) is 0 Å². The Morgan fingerprint density at radius 3 is 2.13 bits per heavy atom. The summed E-state index contributed by atoms with van der Waals surface area (Å²) in [6, 6.07) is 8.73. The van der Waals surface area contributed by atoms with Gasteiger partial charge in [0.15, 0.2) is 0 Å². The van der Waals surface area contributed by atoms with E-state index in [0.717, 1.165) is 18.2 Å². The van der Waals surface area contributed by atoms with E-state index in [1.807, 2.05) is 0 Å². The lowest BCUT2D eigenvalue weighted by atomic mass is 10.1. The van der Waals surface area contributed by atoms with Crippen molar-refractivity contribution in [2.24, 2.45) is 0 Å². The Kier molecular flexibility index (Phi) is 4.70. The third-order valence-corrected chi connectivity index (χ3v) is 3.11. The van der Waals surface area contributed by atoms with E-state index in [1.165, 1.54) is 24.3 Å². The van der Waals surface area contributed by atoms with E-state index >= 15 is 0 Å². The maximum atomic E-state index is 13.1. The van der Waals surface area contributed by atoms with E-state index in [0.29, 0.717) is 5.56 Å². The third-order valence-electron chi connectivity index (χ3n) is 3.11. The van der Waals surface area contributed by atoms with Crippen LogP contribution >= 0.6 is 0 Å². The van der Waals surface area contributed by atoms with Crippen molar-refractivity contribution in [3.05, 3.63) is 70.5 Å². The number of carboxylic acid groups (broad SMARTS) is 2. The number of carboxylic acids is 2. The number of carbonyl (C=O) groups excluding carboxylic acids is 1. The zero-order valence-electron chi connectivity index (χ0n) is 11.7. The number of hydrogen-bond donors (Lipinski definition) is 3. The van der Waals surface area contributed by atoms with Crippen molar-refractivity contribution in [2.75, 3.05) is 0 Å². The molecule has 0 radical (unpaired) electrons. The molecule has 1 amide bonds. The average Bonchev–Trinajstić information content (AvgIpc) is 2.52. The fraction of sp³-hybridized carbons (Fsp3) is 0.0625. The third kappa shape index (κ3) is 3.91. The zero-order chi connectivity index (χ0) is 17.0. The van der Waals surface area contributed by atoms with Crippen LogP contribution in [0.1, 0.15) is 36.6 Å². The van der Waals surface area contributed by atoms with E-state index < -0.39 is 29.2 Å². The standard InChI is InChI=1S/C16H12FNO5/c17-11-5-6-12(13(7-11)16(22)23)14(19)18-8-9-1-3-10(4-2-9)15(20)21/h1-7H,8H2,(H,18,19)(H,20,21)(H,22,23). The highest BCUT2D eigenvalue weighted by molar-refractivity contribution is 6.04. The van der Waals surface area contributed by atoms with E-state index in [4.69, 9.17) is 10.2 Å². The molecule has 0 atom stereocenters. The van der Waals surface area contributed by atoms with Gasteiger partial charge in [0.05, 0.1) is 16.7 Å². The van der Waals surface area contributed by atoms with Crippen LogP contribution in [0.2, 0.25) is 0 Å². The minimum Gasteiger partial charge on any atom is -0.478 e. The first-order valence-corrected chi connectivity index (χ1v) is 6.52. The molecular formula is C16H12FNO5. The molecule has 23 heavy (non-hydrogen) atoms. The lowest BCUT2D eigenvalue weighted by molar-refractivity contribution is 0.0684. The van der Waals surface area contributed by atoms with Gasteiger partial charge >= 0.3 is 11.9 Å². The summed E-state index contributed by atoms with van der Waals surface area (Å²) in [4.78, 5) is 33.8. The molecule has 0 spiro atoms. The van der Waals surface area contributed by atoms with E-state index in [2.05, 4.69) is 5.32 Å². The van der Waals surface area contributed by atoms with Crippen molar-refractivity contribution in [3.8, 4) is 0 Å². The summed E-state index contributed by atoms with van der Waals surface area (Å²) in [6.07, 6.45) is 0. The molecule has 2 rings (SSSR count). The highest BCUT2D eigenvalue weighted by atomic mass is 19.1. The summed E-state index contributed by atoms with van der Waals surface area (Å²) in [5, 5.41) is 20.3. The predicted molar refractivity (Wildman–Crippen MR) is 77.9 cm³/mol. The normalized spacial score (nSPS) is 10.1. The molecule has 3 N–H and O–H groups in total. The van der Waals surface area contributed by atoms with Crippen LogP contribution in [0, 0.1) is 5.82 Å². The quantitative estimate of drug-likeness (QED) is 0.784. The number of aromatic carboxylic acids is 2. The molecule has 0 aromatic heterocycles. The maximum absolute atomic E-state index is 13.1. The fourth-order valence-corrected chi connectivity index (χ4v) is 1.93. The molecule has 0 fully saturated rings. The van der Waals surface area contributed by atoms with Crippen LogP contribution in [0.4, 0.5) is 4.39 Å². The first-order chi connectivity index (χ1) is 10.9. The summed E-state index contributed by atoms with van der Waals surface area (Å²) >= 11 is 0. The number of amides is 1. The fourth-order valence-electron chi connectivity index (χ4n) is 1.93.